The largest absolute Gasteiger partial charge is 0.484 e. The van der Waals surface area contributed by atoms with Crippen LogP contribution in [0.25, 0.3) is 10.6 Å². The van der Waals surface area contributed by atoms with Gasteiger partial charge in [-0.1, -0.05) is 65.3 Å². The highest BCUT2D eigenvalue weighted by atomic mass is 35.5. The number of benzene rings is 2. The van der Waals surface area contributed by atoms with Crippen molar-refractivity contribution in [3.8, 4) is 16.3 Å². The van der Waals surface area contributed by atoms with E-state index in [1.165, 1.54) is 5.56 Å². The third kappa shape index (κ3) is 4.80. The molecule has 5 nitrogen and oxygen atoms in total. The average Bonchev–Trinajstić information content (AvgIpc) is 3.33. The van der Waals surface area contributed by atoms with E-state index in [9.17, 15) is 0 Å². The van der Waals surface area contributed by atoms with Crippen LogP contribution in [0.5, 0.6) is 5.75 Å². The molecule has 4 aromatic rings. The van der Waals surface area contributed by atoms with Crippen LogP contribution in [0.15, 0.2) is 59.1 Å². The number of rotatable bonds is 7. The third-order valence-corrected chi connectivity index (χ3v) is 6.62. The van der Waals surface area contributed by atoms with Crippen molar-refractivity contribution in [1.82, 2.24) is 19.7 Å². The Bertz CT molecular complexity index is 1110. The monoisotopic (exact) mass is 442 g/mol. The van der Waals surface area contributed by atoms with E-state index in [1.54, 1.807) is 29.2 Å². The van der Waals surface area contributed by atoms with Gasteiger partial charge in [-0.15, -0.1) is 21.5 Å². The van der Waals surface area contributed by atoms with E-state index in [0.717, 1.165) is 33.0 Å². The Labute approximate surface area is 182 Å². The van der Waals surface area contributed by atoms with Crippen molar-refractivity contribution < 1.29 is 4.74 Å². The molecule has 0 amide bonds. The molecule has 2 aromatic carbocycles. The van der Waals surface area contributed by atoms with Crippen LogP contribution < -0.4 is 4.74 Å². The van der Waals surface area contributed by atoms with Gasteiger partial charge in [0.1, 0.15) is 17.4 Å². The number of hydrogen-bond donors (Lipinski definition) is 0. The molecule has 0 N–H and O–H groups in total. The van der Waals surface area contributed by atoms with Gasteiger partial charge in [0.05, 0.1) is 10.7 Å². The van der Waals surface area contributed by atoms with Crippen molar-refractivity contribution in [3.63, 3.8) is 0 Å². The van der Waals surface area contributed by atoms with Gasteiger partial charge in [0.25, 0.3) is 0 Å². The molecule has 29 heavy (non-hydrogen) atoms. The highest BCUT2D eigenvalue weighted by molar-refractivity contribution is 7.98. The van der Waals surface area contributed by atoms with Crippen LogP contribution in [-0.4, -0.2) is 19.7 Å². The van der Waals surface area contributed by atoms with E-state index < -0.39 is 0 Å². The van der Waals surface area contributed by atoms with Crippen LogP contribution in [0.3, 0.4) is 0 Å². The van der Waals surface area contributed by atoms with Crippen LogP contribution in [0.4, 0.5) is 0 Å². The number of thiazole rings is 1. The zero-order valence-electron chi connectivity index (χ0n) is 16.0. The second kappa shape index (κ2) is 8.98. The summed E-state index contributed by atoms with van der Waals surface area (Å²) in [5.41, 5.74) is 3.43. The maximum atomic E-state index is 6.13. The molecule has 0 saturated heterocycles. The SMILES string of the molecule is Cc1ccc(-c2nc(CSc3nnc(COc4ccccc4Cl)n3C)cs2)cc1. The molecule has 0 aliphatic rings. The lowest BCUT2D eigenvalue weighted by Gasteiger charge is -2.07. The summed E-state index contributed by atoms with van der Waals surface area (Å²) in [6.07, 6.45) is 0. The van der Waals surface area contributed by atoms with Gasteiger partial charge >= 0.3 is 0 Å². The van der Waals surface area contributed by atoms with E-state index in [0.29, 0.717) is 17.4 Å². The van der Waals surface area contributed by atoms with Crippen molar-refractivity contribution in [2.45, 2.75) is 24.4 Å². The van der Waals surface area contributed by atoms with E-state index >= 15 is 0 Å². The van der Waals surface area contributed by atoms with Crippen LogP contribution in [0.2, 0.25) is 5.02 Å². The molecule has 148 valence electrons. The minimum Gasteiger partial charge on any atom is -0.484 e. The van der Waals surface area contributed by atoms with Gasteiger partial charge in [-0.2, -0.15) is 0 Å². The number of nitrogens with zero attached hydrogens (tertiary/aromatic N) is 4. The number of thioether (sulfide) groups is 1. The van der Waals surface area contributed by atoms with Crippen LogP contribution >= 0.6 is 34.7 Å². The molecule has 4 rings (SSSR count). The first-order valence-corrected chi connectivity index (χ1v) is 11.2. The Balaban J connectivity index is 1.37. The number of halogens is 1. The predicted octanol–water partition coefficient (Wildman–Crippen LogP) is 5.77. The van der Waals surface area contributed by atoms with Crippen molar-refractivity contribution in [2.24, 2.45) is 7.05 Å². The van der Waals surface area contributed by atoms with Gasteiger partial charge in [-0.3, -0.25) is 0 Å². The first kappa shape index (κ1) is 19.9. The zero-order valence-corrected chi connectivity index (χ0v) is 18.4. The summed E-state index contributed by atoms with van der Waals surface area (Å²) in [5.74, 6) is 2.11. The van der Waals surface area contributed by atoms with Gasteiger partial charge in [0.15, 0.2) is 11.0 Å². The molecule has 0 aliphatic heterocycles. The summed E-state index contributed by atoms with van der Waals surface area (Å²) in [5, 5.41) is 13.1. The molecule has 0 saturated carbocycles. The molecular weight excluding hydrogens is 424 g/mol. The van der Waals surface area contributed by atoms with Crippen LogP contribution in [-0.2, 0) is 19.4 Å². The normalized spacial score (nSPS) is 11.0. The summed E-state index contributed by atoms with van der Waals surface area (Å²) in [6, 6.07) is 15.8. The average molecular weight is 443 g/mol. The lowest BCUT2D eigenvalue weighted by Crippen LogP contribution is -2.04. The Morgan fingerprint density at radius 2 is 1.90 bits per heavy atom. The van der Waals surface area contributed by atoms with Gasteiger partial charge in [0.2, 0.25) is 0 Å². The number of para-hydroxylation sites is 1. The van der Waals surface area contributed by atoms with Crippen molar-refractivity contribution in [3.05, 3.63) is 76.0 Å². The summed E-state index contributed by atoms with van der Waals surface area (Å²) < 4.78 is 7.70. The van der Waals surface area contributed by atoms with E-state index in [4.69, 9.17) is 21.3 Å². The maximum Gasteiger partial charge on any atom is 0.191 e. The standard InChI is InChI=1S/C21H19ClN4OS2/c1-14-7-9-15(10-8-14)20-23-16(12-28-20)13-29-21-25-24-19(26(21)2)11-27-18-6-4-3-5-17(18)22/h3-10,12H,11,13H2,1-2H3. The zero-order chi connectivity index (χ0) is 20.2. The molecular formula is C21H19ClN4OS2. The molecule has 2 heterocycles. The van der Waals surface area contributed by atoms with Gasteiger partial charge < -0.3 is 9.30 Å². The topological polar surface area (TPSA) is 52.8 Å². The van der Waals surface area contributed by atoms with Gasteiger partial charge in [0, 0.05) is 23.7 Å². The quantitative estimate of drug-likeness (QED) is 0.340. The summed E-state index contributed by atoms with van der Waals surface area (Å²) in [6.45, 7) is 2.39. The van der Waals surface area contributed by atoms with Crippen LogP contribution in [0, 0.1) is 6.92 Å². The number of hydrogen-bond acceptors (Lipinski definition) is 6. The van der Waals surface area contributed by atoms with Gasteiger partial charge in [-0.25, -0.2) is 4.98 Å². The Kier molecular flexibility index (Phi) is 6.18. The van der Waals surface area contributed by atoms with Crippen molar-refractivity contribution in [1.29, 1.82) is 0 Å². The lowest BCUT2D eigenvalue weighted by atomic mass is 10.2. The Morgan fingerprint density at radius 1 is 1.10 bits per heavy atom. The number of aryl methyl sites for hydroxylation is 1. The van der Waals surface area contributed by atoms with E-state index in [2.05, 4.69) is 46.8 Å². The molecule has 8 heteroatoms. The fourth-order valence-corrected chi connectivity index (χ4v) is 4.59. The van der Waals surface area contributed by atoms with E-state index in [1.807, 2.05) is 29.8 Å². The molecule has 0 radical (unpaired) electrons. The highest BCUT2D eigenvalue weighted by Gasteiger charge is 2.12. The number of aromatic nitrogens is 4. The lowest BCUT2D eigenvalue weighted by molar-refractivity contribution is 0.290. The van der Waals surface area contributed by atoms with Crippen molar-refractivity contribution >= 4 is 34.7 Å². The fraction of sp³-hybridized carbons (Fsp3) is 0.190. The minimum absolute atomic E-state index is 0.308. The Morgan fingerprint density at radius 3 is 2.69 bits per heavy atom. The predicted molar refractivity (Wildman–Crippen MR) is 119 cm³/mol. The molecule has 0 unspecified atom stereocenters. The second-order valence-corrected chi connectivity index (χ2v) is 8.68. The van der Waals surface area contributed by atoms with Crippen LogP contribution in [0.1, 0.15) is 17.1 Å². The molecule has 0 spiro atoms. The third-order valence-electron chi connectivity index (χ3n) is 4.32. The summed E-state index contributed by atoms with van der Waals surface area (Å²) in [4.78, 5) is 4.75. The molecule has 0 aliphatic carbocycles. The molecule has 0 fully saturated rings. The molecule has 0 bridgehead atoms. The first-order chi connectivity index (χ1) is 14.1. The molecule has 0 atom stereocenters. The Hall–Kier alpha value is -2.35. The molecule has 2 aromatic heterocycles. The first-order valence-electron chi connectivity index (χ1n) is 9.00. The highest BCUT2D eigenvalue weighted by Crippen LogP contribution is 2.28. The van der Waals surface area contributed by atoms with Gasteiger partial charge in [-0.05, 0) is 19.1 Å². The van der Waals surface area contributed by atoms with Crippen molar-refractivity contribution in [2.75, 3.05) is 0 Å². The smallest absolute Gasteiger partial charge is 0.191 e. The summed E-state index contributed by atoms with van der Waals surface area (Å²) in [7, 11) is 1.94. The number of ether oxygens (including phenoxy) is 1. The van der Waals surface area contributed by atoms with E-state index in [-0.39, 0.29) is 0 Å². The summed E-state index contributed by atoms with van der Waals surface area (Å²) >= 11 is 9.40. The second-order valence-electron chi connectivity index (χ2n) is 6.48. The minimum atomic E-state index is 0.308. The fourth-order valence-electron chi connectivity index (χ4n) is 2.64. The maximum absolute atomic E-state index is 6.13.